The summed E-state index contributed by atoms with van der Waals surface area (Å²) in [5, 5.41) is 14.9. The third kappa shape index (κ3) is 4.03. The number of nitrogens with zero attached hydrogens (tertiary/aromatic N) is 4. The van der Waals surface area contributed by atoms with E-state index in [0.29, 0.717) is 46.6 Å². The summed E-state index contributed by atoms with van der Waals surface area (Å²) in [6, 6.07) is 2.81. The van der Waals surface area contributed by atoms with Crippen molar-refractivity contribution in [2.45, 2.75) is 39.2 Å². The molecule has 0 amide bonds. The zero-order chi connectivity index (χ0) is 21.7. The van der Waals surface area contributed by atoms with Crippen LogP contribution in [0.4, 0.5) is 5.95 Å². The maximum absolute atomic E-state index is 13.1. The number of hydrogen-bond donors (Lipinski definition) is 1. The van der Waals surface area contributed by atoms with Crippen LogP contribution in [0, 0.1) is 0 Å². The topological polar surface area (TPSA) is 110 Å². The van der Waals surface area contributed by atoms with Gasteiger partial charge in [0.1, 0.15) is 11.8 Å². The van der Waals surface area contributed by atoms with Crippen LogP contribution in [-0.2, 0) is 9.53 Å². The molecule has 1 aromatic carbocycles. The average Bonchev–Trinajstić information content (AvgIpc) is 3.22. The van der Waals surface area contributed by atoms with Gasteiger partial charge in [0.25, 0.3) is 0 Å². The third-order valence-corrected chi connectivity index (χ3v) is 4.95. The first-order valence-electron chi connectivity index (χ1n) is 9.78. The first kappa shape index (κ1) is 21.4. The number of esters is 1. The number of anilines is 1. The maximum atomic E-state index is 13.1. The van der Waals surface area contributed by atoms with Crippen molar-refractivity contribution in [1.29, 1.82) is 0 Å². The average molecular weight is 417 g/mol. The fourth-order valence-electron chi connectivity index (χ4n) is 3.43. The van der Waals surface area contributed by atoms with Gasteiger partial charge in [-0.25, -0.2) is 4.79 Å². The van der Waals surface area contributed by atoms with E-state index in [-0.39, 0.29) is 0 Å². The normalized spacial score (nSPS) is 15.3. The van der Waals surface area contributed by atoms with Gasteiger partial charge in [-0.15, -0.1) is 0 Å². The van der Waals surface area contributed by atoms with E-state index in [1.807, 2.05) is 0 Å². The fourth-order valence-corrected chi connectivity index (χ4v) is 3.43. The SMILES string of the molecule is CCCCCOC(=O)C1=C(C)Nc2nnnn2C1c1cc(OC)c(OC)cc1OC. The highest BCUT2D eigenvalue weighted by molar-refractivity contribution is 5.92. The van der Waals surface area contributed by atoms with Crippen molar-refractivity contribution in [3.63, 3.8) is 0 Å². The number of methoxy groups -OCH3 is 3. The van der Waals surface area contributed by atoms with Crippen molar-refractivity contribution < 1.29 is 23.7 Å². The quantitative estimate of drug-likeness (QED) is 0.486. The molecule has 10 heteroatoms. The van der Waals surface area contributed by atoms with Crippen LogP contribution < -0.4 is 19.5 Å². The molecule has 0 spiro atoms. The Balaban J connectivity index is 2.09. The Labute approximate surface area is 175 Å². The van der Waals surface area contributed by atoms with Gasteiger partial charge in [0, 0.05) is 17.3 Å². The predicted molar refractivity (Wildman–Crippen MR) is 109 cm³/mol. The van der Waals surface area contributed by atoms with Gasteiger partial charge in [-0.2, -0.15) is 4.68 Å². The molecule has 0 bridgehead atoms. The largest absolute Gasteiger partial charge is 0.496 e. The number of allylic oxidation sites excluding steroid dienone is 1. The molecule has 0 saturated heterocycles. The molecule has 1 aliphatic rings. The number of carbonyl (C=O) groups is 1. The van der Waals surface area contributed by atoms with E-state index < -0.39 is 12.0 Å². The van der Waals surface area contributed by atoms with Crippen LogP contribution in [0.3, 0.4) is 0 Å². The molecule has 1 atom stereocenters. The monoisotopic (exact) mass is 417 g/mol. The van der Waals surface area contributed by atoms with Crippen LogP contribution in [-0.4, -0.2) is 54.1 Å². The van der Waals surface area contributed by atoms with E-state index in [4.69, 9.17) is 18.9 Å². The highest BCUT2D eigenvalue weighted by atomic mass is 16.5. The molecule has 10 nitrogen and oxygen atoms in total. The number of ether oxygens (including phenoxy) is 4. The summed E-state index contributed by atoms with van der Waals surface area (Å²) in [5.41, 5.74) is 1.65. The fraction of sp³-hybridized carbons (Fsp3) is 0.500. The van der Waals surface area contributed by atoms with Crippen LogP contribution in [0.5, 0.6) is 17.2 Å². The number of hydrogen-bond acceptors (Lipinski definition) is 9. The molecule has 1 unspecified atom stereocenters. The van der Waals surface area contributed by atoms with Gasteiger partial charge in [0.05, 0.1) is 33.5 Å². The van der Waals surface area contributed by atoms with Crippen molar-refractivity contribution in [2.24, 2.45) is 0 Å². The lowest BCUT2D eigenvalue weighted by molar-refractivity contribution is -0.139. The number of fused-ring (bicyclic) bond motifs is 1. The lowest BCUT2D eigenvalue weighted by atomic mass is 9.94. The molecule has 1 aromatic heterocycles. The molecule has 162 valence electrons. The summed E-state index contributed by atoms with van der Waals surface area (Å²) in [6.45, 7) is 4.24. The molecule has 0 radical (unpaired) electrons. The number of carbonyl (C=O) groups excluding carboxylic acids is 1. The van der Waals surface area contributed by atoms with Gasteiger partial charge in [0.15, 0.2) is 11.5 Å². The van der Waals surface area contributed by atoms with Crippen molar-refractivity contribution >= 4 is 11.9 Å². The van der Waals surface area contributed by atoms with Gasteiger partial charge >= 0.3 is 5.97 Å². The van der Waals surface area contributed by atoms with Crippen molar-refractivity contribution in [3.8, 4) is 17.2 Å². The Bertz CT molecular complexity index is 940. The lowest BCUT2D eigenvalue weighted by Gasteiger charge is -2.28. The molecule has 0 fully saturated rings. The number of nitrogens with one attached hydrogen (secondary N) is 1. The maximum Gasteiger partial charge on any atom is 0.338 e. The minimum atomic E-state index is -0.662. The molecule has 0 aliphatic carbocycles. The molecular weight excluding hydrogens is 390 g/mol. The van der Waals surface area contributed by atoms with Crippen LogP contribution >= 0.6 is 0 Å². The van der Waals surface area contributed by atoms with Crippen LogP contribution in [0.25, 0.3) is 0 Å². The van der Waals surface area contributed by atoms with Gasteiger partial charge in [0.2, 0.25) is 5.95 Å². The van der Waals surface area contributed by atoms with Gasteiger partial charge in [-0.3, -0.25) is 0 Å². The standard InChI is InChI=1S/C20H27N5O5/c1-6-7-8-9-30-19(26)17-12(2)21-20-22-23-24-25(20)18(17)13-10-15(28-4)16(29-5)11-14(13)27-3/h10-11,18H,6-9H2,1-5H3,(H,21,22,24). The van der Waals surface area contributed by atoms with E-state index in [9.17, 15) is 4.79 Å². The Morgan fingerprint density at radius 3 is 2.47 bits per heavy atom. The Kier molecular flexibility index (Phi) is 6.76. The van der Waals surface area contributed by atoms with Gasteiger partial charge in [-0.1, -0.05) is 24.9 Å². The second kappa shape index (κ2) is 9.47. The van der Waals surface area contributed by atoms with E-state index in [2.05, 4.69) is 27.8 Å². The van der Waals surface area contributed by atoms with Crippen molar-refractivity contribution in [1.82, 2.24) is 20.2 Å². The van der Waals surface area contributed by atoms with E-state index in [1.54, 1.807) is 40.4 Å². The molecule has 2 aromatic rings. The highest BCUT2D eigenvalue weighted by Crippen LogP contribution is 2.43. The van der Waals surface area contributed by atoms with E-state index in [1.165, 1.54) is 4.68 Å². The van der Waals surface area contributed by atoms with E-state index in [0.717, 1.165) is 19.3 Å². The zero-order valence-electron chi connectivity index (χ0n) is 17.9. The van der Waals surface area contributed by atoms with Crippen molar-refractivity contribution in [3.05, 3.63) is 29.0 Å². The zero-order valence-corrected chi connectivity index (χ0v) is 17.9. The predicted octanol–water partition coefficient (Wildman–Crippen LogP) is 2.72. The summed E-state index contributed by atoms with van der Waals surface area (Å²) < 4.78 is 23.5. The molecule has 2 heterocycles. The van der Waals surface area contributed by atoms with Crippen LogP contribution in [0.15, 0.2) is 23.4 Å². The first-order chi connectivity index (χ1) is 14.5. The summed E-state index contributed by atoms with van der Waals surface area (Å²) in [7, 11) is 4.64. The second-order valence-corrected chi connectivity index (χ2v) is 6.81. The minimum absolute atomic E-state index is 0.349. The molecule has 1 aliphatic heterocycles. The lowest BCUT2D eigenvalue weighted by Crippen LogP contribution is -2.30. The summed E-state index contributed by atoms with van der Waals surface area (Å²) in [4.78, 5) is 13.1. The summed E-state index contributed by atoms with van der Waals surface area (Å²) in [5.74, 6) is 1.49. The number of benzene rings is 1. The van der Waals surface area contributed by atoms with Crippen LogP contribution in [0.2, 0.25) is 0 Å². The molecule has 0 saturated carbocycles. The number of aromatic nitrogens is 4. The number of unbranched alkanes of at least 4 members (excludes halogenated alkanes) is 2. The van der Waals surface area contributed by atoms with Crippen LogP contribution in [0.1, 0.15) is 44.7 Å². The summed E-state index contributed by atoms with van der Waals surface area (Å²) in [6.07, 6.45) is 2.84. The molecule has 3 rings (SSSR count). The van der Waals surface area contributed by atoms with Crippen molar-refractivity contribution in [2.75, 3.05) is 33.3 Å². The smallest absolute Gasteiger partial charge is 0.338 e. The molecule has 1 N–H and O–H groups in total. The van der Waals surface area contributed by atoms with Gasteiger partial charge < -0.3 is 24.3 Å². The Morgan fingerprint density at radius 1 is 1.10 bits per heavy atom. The second-order valence-electron chi connectivity index (χ2n) is 6.81. The minimum Gasteiger partial charge on any atom is -0.496 e. The van der Waals surface area contributed by atoms with Gasteiger partial charge in [-0.05, 0) is 29.8 Å². The first-order valence-corrected chi connectivity index (χ1v) is 9.78. The number of tetrazole rings is 1. The Morgan fingerprint density at radius 2 is 1.80 bits per heavy atom. The van der Waals surface area contributed by atoms with E-state index >= 15 is 0 Å². The highest BCUT2D eigenvalue weighted by Gasteiger charge is 2.37. The molecule has 30 heavy (non-hydrogen) atoms. The Hall–Kier alpha value is -3.30. The molecular formula is C20H27N5O5. The summed E-state index contributed by atoms with van der Waals surface area (Å²) >= 11 is 0. The number of rotatable bonds is 9. The third-order valence-electron chi connectivity index (χ3n) is 4.95.